The van der Waals surface area contributed by atoms with Crippen molar-refractivity contribution < 1.29 is 4.39 Å². The van der Waals surface area contributed by atoms with Crippen LogP contribution in [0.25, 0.3) is 0 Å². The third-order valence-electron chi connectivity index (χ3n) is 2.28. The number of anilines is 1. The van der Waals surface area contributed by atoms with Crippen LogP contribution >= 0.6 is 11.6 Å². The zero-order valence-corrected chi connectivity index (χ0v) is 8.84. The highest BCUT2D eigenvalue weighted by atomic mass is 35.5. The van der Waals surface area contributed by atoms with Crippen LogP contribution in [0.15, 0.2) is 12.1 Å². The Kier molecular flexibility index (Phi) is 3.33. The Morgan fingerprint density at radius 3 is 2.93 bits per heavy atom. The van der Waals surface area contributed by atoms with E-state index in [0.717, 1.165) is 6.54 Å². The van der Waals surface area contributed by atoms with Crippen LogP contribution in [0.1, 0.15) is 6.42 Å². The van der Waals surface area contributed by atoms with E-state index in [0.29, 0.717) is 23.9 Å². The van der Waals surface area contributed by atoms with Crippen molar-refractivity contribution in [2.75, 3.05) is 18.4 Å². The molecular formula is C9H12ClFN4. The molecule has 0 aliphatic carbocycles. The summed E-state index contributed by atoms with van der Waals surface area (Å²) in [5.74, 6) is 0.625. The van der Waals surface area contributed by atoms with Crippen molar-refractivity contribution in [2.24, 2.45) is 0 Å². The first-order chi connectivity index (χ1) is 7.24. The first-order valence-corrected chi connectivity index (χ1v) is 5.22. The molecule has 4 nitrogen and oxygen atoms in total. The maximum absolute atomic E-state index is 13.0. The Balaban J connectivity index is 1.93. The first kappa shape index (κ1) is 10.6. The van der Waals surface area contributed by atoms with E-state index in [1.807, 2.05) is 0 Å². The van der Waals surface area contributed by atoms with Gasteiger partial charge in [0.25, 0.3) is 0 Å². The minimum Gasteiger partial charge on any atom is -0.364 e. The zero-order valence-electron chi connectivity index (χ0n) is 8.08. The summed E-state index contributed by atoms with van der Waals surface area (Å²) in [6, 6.07) is 3.45. The smallest absolute Gasteiger partial charge is 0.151 e. The highest BCUT2D eigenvalue weighted by Crippen LogP contribution is 2.12. The average molecular weight is 231 g/mol. The first-order valence-electron chi connectivity index (χ1n) is 4.84. The van der Waals surface area contributed by atoms with Gasteiger partial charge in [0.2, 0.25) is 0 Å². The lowest BCUT2D eigenvalue weighted by Crippen LogP contribution is -2.44. The Morgan fingerprint density at radius 1 is 1.40 bits per heavy atom. The van der Waals surface area contributed by atoms with Gasteiger partial charge in [0.05, 0.1) is 0 Å². The largest absolute Gasteiger partial charge is 0.364 e. The number of halogens is 2. The van der Waals surface area contributed by atoms with E-state index in [4.69, 9.17) is 11.6 Å². The Bertz CT molecular complexity index is 318. The van der Waals surface area contributed by atoms with E-state index in [-0.39, 0.29) is 6.04 Å². The van der Waals surface area contributed by atoms with Gasteiger partial charge in [-0.25, -0.2) is 4.39 Å². The van der Waals surface area contributed by atoms with Crippen LogP contribution in [0.5, 0.6) is 0 Å². The van der Waals surface area contributed by atoms with Crippen LogP contribution in [-0.2, 0) is 0 Å². The molecule has 1 aromatic rings. The van der Waals surface area contributed by atoms with Gasteiger partial charge in [-0.2, -0.15) is 0 Å². The molecule has 0 aromatic carbocycles. The molecule has 0 amide bonds. The number of rotatable bonds is 2. The van der Waals surface area contributed by atoms with Gasteiger partial charge >= 0.3 is 0 Å². The van der Waals surface area contributed by atoms with Crippen LogP contribution in [0, 0.1) is 0 Å². The molecule has 2 rings (SSSR count). The van der Waals surface area contributed by atoms with Crippen molar-refractivity contribution in [3.05, 3.63) is 17.3 Å². The highest BCUT2D eigenvalue weighted by molar-refractivity contribution is 6.29. The van der Waals surface area contributed by atoms with Crippen LogP contribution in [0.4, 0.5) is 10.2 Å². The predicted octanol–water partition coefficient (Wildman–Crippen LogP) is 1.24. The summed E-state index contributed by atoms with van der Waals surface area (Å²) in [5.41, 5.74) is 0. The van der Waals surface area contributed by atoms with E-state index >= 15 is 0 Å². The summed E-state index contributed by atoms with van der Waals surface area (Å²) in [6.45, 7) is 1.18. The van der Waals surface area contributed by atoms with E-state index in [1.54, 1.807) is 12.1 Å². The highest BCUT2D eigenvalue weighted by Gasteiger charge is 2.20. The number of aromatic nitrogens is 2. The lowest BCUT2D eigenvalue weighted by Gasteiger charge is -2.26. The van der Waals surface area contributed by atoms with Crippen LogP contribution in [-0.4, -0.2) is 35.5 Å². The molecular weight excluding hydrogens is 219 g/mol. The maximum Gasteiger partial charge on any atom is 0.151 e. The van der Waals surface area contributed by atoms with Crippen LogP contribution in [0.2, 0.25) is 5.15 Å². The van der Waals surface area contributed by atoms with Crippen molar-refractivity contribution in [1.82, 2.24) is 15.5 Å². The number of nitrogens with one attached hydrogen (secondary N) is 2. The predicted molar refractivity (Wildman–Crippen MR) is 56.8 cm³/mol. The fourth-order valence-electron chi connectivity index (χ4n) is 1.60. The minimum atomic E-state index is -0.795. The van der Waals surface area contributed by atoms with Crippen molar-refractivity contribution in [3.8, 4) is 0 Å². The number of piperidine rings is 1. The Morgan fingerprint density at radius 2 is 2.27 bits per heavy atom. The molecule has 2 atom stereocenters. The molecule has 6 heteroatoms. The summed E-state index contributed by atoms with van der Waals surface area (Å²) in [6.07, 6.45) is -0.298. The third-order valence-corrected chi connectivity index (χ3v) is 2.48. The van der Waals surface area contributed by atoms with Crippen LogP contribution in [0.3, 0.4) is 0 Å². The summed E-state index contributed by atoms with van der Waals surface area (Å²) < 4.78 is 13.0. The molecule has 1 aliphatic heterocycles. The summed E-state index contributed by atoms with van der Waals surface area (Å²) in [7, 11) is 0. The molecule has 1 saturated heterocycles. The summed E-state index contributed by atoms with van der Waals surface area (Å²) in [4.78, 5) is 0. The molecule has 82 valence electrons. The Hall–Kier alpha value is -0.940. The lowest BCUT2D eigenvalue weighted by atomic mass is 10.1. The second-order valence-electron chi connectivity index (χ2n) is 3.57. The summed E-state index contributed by atoms with van der Waals surface area (Å²) >= 11 is 5.60. The van der Waals surface area contributed by atoms with Crippen molar-refractivity contribution >= 4 is 17.4 Å². The fourth-order valence-corrected chi connectivity index (χ4v) is 1.70. The van der Waals surface area contributed by atoms with Gasteiger partial charge in [-0.15, -0.1) is 10.2 Å². The fraction of sp³-hybridized carbons (Fsp3) is 0.556. The second kappa shape index (κ2) is 4.72. The van der Waals surface area contributed by atoms with Crippen molar-refractivity contribution in [2.45, 2.75) is 18.6 Å². The average Bonchev–Trinajstić information content (AvgIpc) is 2.22. The molecule has 2 unspecified atom stereocenters. The standard InChI is InChI=1S/C9H12ClFN4/c10-8-1-2-9(15-14-8)13-7-3-6(11)4-12-5-7/h1-2,6-7,12H,3-5H2,(H,13,15). The Labute approximate surface area is 92.2 Å². The molecule has 2 heterocycles. The monoisotopic (exact) mass is 230 g/mol. The third kappa shape index (κ3) is 3.00. The van der Waals surface area contributed by atoms with Gasteiger partial charge in [-0.3, -0.25) is 0 Å². The molecule has 0 radical (unpaired) electrons. The normalized spacial score (nSPS) is 26.3. The molecule has 2 N–H and O–H groups in total. The number of alkyl halides is 1. The maximum atomic E-state index is 13.0. The van der Waals surface area contributed by atoms with Crippen molar-refractivity contribution in [3.63, 3.8) is 0 Å². The van der Waals surface area contributed by atoms with Gasteiger partial charge < -0.3 is 10.6 Å². The molecule has 1 aromatic heterocycles. The quantitative estimate of drug-likeness (QED) is 0.803. The van der Waals surface area contributed by atoms with Crippen LogP contribution < -0.4 is 10.6 Å². The van der Waals surface area contributed by atoms with Gasteiger partial charge in [0.1, 0.15) is 12.0 Å². The lowest BCUT2D eigenvalue weighted by molar-refractivity contribution is 0.254. The van der Waals surface area contributed by atoms with Crippen molar-refractivity contribution in [1.29, 1.82) is 0 Å². The second-order valence-corrected chi connectivity index (χ2v) is 3.96. The molecule has 0 spiro atoms. The van der Waals surface area contributed by atoms with Gasteiger partial charge in [0, 0.05) is 25.6 Å². The van der Waals surface area contributed by atoms with E-state index in [2.05, 4.69) is 20.8 Å². The van der Waals surface area contributed by atoms with E-state index in [9.17, 15) is 4.39 Å². The topological polar surface area (TPSA) is 49.8 Å². The van der Waals surface area contributed by atoms with Gasteiger partial charge in [-0.1, -0.05) is 11.6 Å². The minimum absolute atomic E-state index is 0.0595. The molecule has 1 aliphatic rings. The van der Waals surface area contributed by atoms with E-state index in [1.165, 1.54) is 0 Å². The number of nitrogens with zero attached hydrogens (tertiary/aromatic N) is 2. The van der Waals surface area contributed by atoms with Gasteiger partial charge in [-0.05, 0) is 12.1 Å². The zero-order chi connectivity index (χ0) is 10.7. The van der Waals surface area contributed by atoms with Gasteiger partial charge in [0.15, 0.2) is 5.15 Å². The number of hydrogen-bond donors (Lipinski definition) is 2. The number of hydrogen-bond acceptors (Lipinski definition) is 4. The van der Waals surface area contributed by atoms with E-state index < -0.39 is 6.17 Å². The molecule has 1 fully saturated rings. The molecule has 0 bridgehead atoms. The molecule has 0 saturated carbocycles. The molecule has 15 heavy (non-hydrogen) atoms. The summed E-state index contributed by atoms with van der Waals surface area (Å²) in [5, 5.41) is 14.0. The SMILES string of the molecule is FC1CNCC(Nc2ccc(Cl)nn2)C1.